The van der Waals surface area contributed by atoms with Crippen molar-refractivity contribution in [3.63, 3.8) is 0 Å². The maximum Gasteiger partial charge on any atom is 0.414 e. The molecule has 1 heterocycles. The van der Waals surface area contributed by atoms with Crippen LogP contribution in [-0.2, 0) is 4.43 Å². The second-order valence-corrected chi connectivity index (χ2v) is 14.5. The fourth-order valence-corrected chi connectivity index (χ4v) is 3.35. The molecular weight excluding hydrogens is 405 g/mol. The Hall–Kier alpha value is -1.75. The molecule has 11 heteroatoms. The van der Waals surface area contributed by atoms with Crippen molar-refractivity contribution in [1.82, 2.24) is 20.7 Å². The van der Waals surface area contributed by atoms with Crippen LogP contribution in [0.3, 0.4) is 0 Å². The molecule has 1 aliphatic rings. The van der Waals surface area contributed by atoms with E-state index in [2.05, 4.69) is 10.6 Å². The van der Waals surface area contributed by atoms with Crippen LogP contribution < -0.4 is 10.6 Å². The van der Waals surface area contributed by atoms with Gasteiger partial charge in [0.15, 0.2) is 14.5 Å². The Balaban J connectivity index is 3.48. The summed E-state index contributed by atoms with van der Waals surface area (Å²) in [4.78, 5) is 25.8. The summed E-state index contributed by atoms with van der Waals surface area (Å²) in [6.45, 7) is 14.9. The number of carbonyl (C=O) groups excluding carboxylic acids is 2. The lowest BCUT2D eigenvalue weighted by molar-refractivity contribution is -0.116. The first-order valence-corrected chi connectivity index (χ1v) is 12.8. The van der Waals surface area contributed by atoms with Crippen molar-refractivity contribution in [3.05, 3.63) is 11.6 Å². The van der Waals surface area contributed by atoms with Crippen LogP contribution >= 0.6 is 0 Å². The number of nitrogens with one attached hydrogen (secondary N) is 2. The Kier molecular flexibility index (Phi) is 7.12. The Morgan fingerprint density at radius 3 is 1.83 bits per heavy atom. The highest BCUT2D eigenvalue weighted by Crippen LogP contribution is 2.32. The zero-order chi connectivity index (χ0) is 23.0. The average molecular weight is 439 g/mol. The van der Waals surface area contributed by atoms with Gasteiger partial charge in [0.1, 0.15) is 0 Å². The van der Waals surface area contributed by atoms with E-state index >= 15 is 0 Å². The van der Waals surface area contributed by atoms with Gasteiger partial charge in [-0.15, -0.1) is 0 Å². The van der Waals surface area contributed by atoms with E-state index in [-0.39, 0.29) is 0 Å². The largest absolute Gasteiger partial charge is 0.414 e. The number of halogens is 3. The quantitative estimate of drug-likeness (QED) is 0.501. The van der Waals surface area contributed by atoms with Gasteiger partial charge in [0.25, 0.3) is 0 Å². The Morgan fingerprint density at radius 2 is 1.45 bits per heavy atom. The summed E-state index contributed by atoms with van der Waals surface area (Å²) in [5.41, 5.74) is -2.32. The van der Waals surface area contributed by atoms with Crippen LogP contribution in [-0.4, -0.2) is 60.4 Å². The third-order valence-electron chi connectivity index (χ3n) is 3.41. The molecule has 0 radical (unpaired) electrons. The van der Waals surface area contributed by atoms with Crippen molar-refractivity contribution in [1.29, 1.82) is 0 Å². The minimum absolute atomic E-state index is 0.666. The number of nitrogens with zero attached hydrogens (tertiary/aromatic N) is 2. The number of hydrogen-bond acceptors (Lipinski definition) is 3. The van der Waals surface area contributed by atoms with Crippen molar-refractivity contribution in [2.75, 3.05) is 6.54 Å². The van der Waals surface area contributed by atoms with E-state index in [9.17, 15) is 22.8 Å². The van der Waals surface area contributed by atoms with Gasteiger partial charge >= 0.3 is 18.2 Å². The number of amides is 4. The van der Waals surface area contributed by atoms with Crippen LogP contribution in [0.2, 0.25) is 19.6 Å². The van der Waals surface area contributed by atoms with Crippen molar-refractivity contribution in [2.45, 2.75) is 84.7 Å². The summed E-state index contributed by atoms with van der Waals surface area (Å²) in [5, 5.41) is 7.01. The summed E-state index contributed by atoms with van der Waals surface area (Å²) in [6.07, 6.45) is -5.14. The minimum Gasteiger partial charge on any atom is -0.393 e. The maximum atomic E-state index is 13.5. The third kappa shape index (κ3) is 8.25. The molecule has 1 unspecified atom stereocenters. The number of carbonyl (C=O) groups is 2. The molecule has 1 aliphatic heterocycles. The summed E-state index contributed by atoms with van der Waals surface area (Å²) >= 11 is 0. The lowest BCUT2D eigenvalue weighted by atomic mass is 10.1. The summed E-state index contributed by atoms with van der Waals surface area (Å²) in [7, 11) is -2.38. The van der Waals surface area contributed by atoms with E-state index in [1.165, 1.54) is 0 Å². The molecular formula is C18H33F3N4O3Si. The molecule has 1 atom stereocenters. The summed E-state index contributed by atoms with van der Waals surface area (Å²) in [6, 6.07) is -1.54. The first-order chi connectivity index (χ1) is 12.7. The zero-order valence-corrected chi connectivity index (χ0v) is 19.6. The number of hydrogen-bond donors (Lipinski definition) is 2. The molecule has 0 saturated heterocycles. The monoisotopic (exact) mass is 438 g/mol. The first kappa shape index (κ1) is 25.3. The lowest BCUT2D eigenvalue weighted by Gasteiger charge is -2.45. The van der Waals surface area contributed by atoms with Crippen molar-refractivity contribution in [2.24, 2.45) is 0 Å². The second-order valence-electron chi connectivity index (χ2n) is 10.1. The van der Waals surface area contributed by atoms with Crippen molar-refractivity contribution in [3.8, 4) is 0 Å². The van der Waals surface area contributed by atoms with Gasteiger partial charge in [-0.1, -0.05) is 0 Å². The molecule has 0 bridgehead atoms. The molecule has 7 nitrogen and oxygen atoms in total. The van der Waals surface area contributed by atoms with Gasteiger partial charge < -0.3 is 15.1 Å². The molecule has 0 fully saturated rings. The van der Waals surface area contributed by atoms with Crippen LogP contribution in [0.1, 0.15) is 41.5 Å². The van der Waals surface area contributed by atoms with Crippen LogP contribution in [0.15, 0.2) is 11.6 Å². The predicted octanol–water partition coefficient (Wildman–Crippen LogP) is 4.20. The van der Waals surface area contributed by atoms with Crippen molar-refractivity contribution < 1.29 is 27.2 Å². The van der Waals surface area contributed by atoms with E-state index < -0.39 is 56.0 Å². The van der Waals surface area contributed by atoms with E-state index in [0.29, 0.717) is 0 Å². The molecule has 0 aromatic carbocycles. The van der Waals surface area contributed by atoms with Gasteiger partial charge in [-0.3, -0.25) is 0 Å². The zero-order valence-electron chi connectivity index (χ0n) is 18.6. The molecule has 168 valence electrons. The number of alkyl halides is 3. The highest BCUT2D eigenvalue weighted by molar-refractivity contribution is 6.69. The highest BCUT2D eigenvalue weighted by Gasteiger charge is 2.46. The topological polar surface area (TPSA) is 73.9 Å². The number of urea groups is 2. The molecule has 0 spiro atoms. The molecule has 29 heavy (non-hydrogen) atoms. The van der Waals surface area contributed by atoms with Gasteiger partial charge in [-0.25, -0.2) is 14.6 Å². The van der Waals surface area contributed by atoms with Crippen LogP contribution in [0.4, 0.5) is 22.8 Å². The van der Waals surface area contributed by atoms with Gasteiger partial charge in [0.05, 0.1) is 12.1 Å². The standard InChI is InChI=1S/C18H33F3N4O3Si/c1-16(2,3)22-14(26)24-11-12(18(19,20)21)10-13(28-29(7,8)9)25(24)15(27)23-17(4,5)6/h10,13H,11H2,1-9H3,(H,22,26)(H,23,27). The Morgan fingerprint density at radius 1 is 1.00 bits per heavy atom. The van der Waals surface area contributed by atoms with Crippen molar-refractivity contribution >= 4 is 20.4 Å². The van der Waals surface area contributed by atoms with Gasteiger partial charge in [0, 0.05) is 11.1 Å². The average Bonchev–Trinajstić information content (AvgIpc) is 2.39. The summed E-state index contributed by atoms with van der Waals surface area (Å²) < 4.78 is 46.5. The lowest BCUT2D eigenvalue weighted by Crippen LogP contribution is -2.66. The summed E-state index contributed by atoms with van der Waals surface area (Å²) in [5.74, 6) is 0. The molecule has 0 aromatic rings. The fraction of sp³-hybridized carbons (Fsp3) is 0.778. The highest BCUT2D eigenvalue weighted by atomic mass is 28.4. The van der Waals surface area contributed by atoms with E-state index in [0.717, 1.165) is 16.1 Å². The normalized spacial score (nSPS) is 19.0. The fourth-order valence-electron chi connectivity index (χ4n) is 2.46. The van der Waals surface area contributed by atoms with Crippen LogP contribution in [0.25, 0.3) is 0 Å². The van der Waals surface area contributed by atoms with Crippen LogP contribution in [0.5, 0.6) is 0 Å². The predicted molar refractivity (Wildman–Crippen MR) is 107 cm³/mol. The molecule has 2 N–H and O–H groups in total. The third-order valence-corrected chi connectivity index (χ3v) is 4.36. The van der Waals surface area contributed by atoms with E-state index in [1.54, 1.807) is 61.2 Å². The first-order valence-electron chi connectivity index (χ1n) is 9.36. The molecule has 0 aliphatic carbocycles. The molecule has 0 saturated carbocycles. The number of hydrazine groups is 1. The minimum atomic E-state index is -4.66. The molecule has 4 amide bonds. The molecule has 0 aromatic heterocycles. The van der Waals surface area contributed by atoms with Gasteiger partial charge in [-0.05, 0) is 67.3 Å². The maximum absolute atomic E-state index is 13.5. The SMILES string of the molecule is CC(C)(C)NC(=O)N1CC(C(F)(F)F)=CC(O[Si](C)(C)C)N1C(=O)NC(C)(C)C. The van der Waals surface area contributed by atoms with E-state index in [4.69, 9.17) is 4.43 Å². The smallest absolute Gasteiger partial charge is 0.393 e. The molecule has 1 rings (SSSR count). The van der Waals surface area contributed by atoms with E-state index in [1.807, 2.05) is 0 Å². The second kappa shape index (κ2) is 8.17. The number of rotatable bonds is 2. The van der Waals surface area contributed by atoms with Gasteiger partial charge in [0.2, 0.25) is 0 Å². The van der Waals surface area contributed by atoms with Gasteiger partial charge in [-0.2, -0.15) is 18.2 Å². The Bertz CT molecular complexity index is 661. The Labute approximate surface area is 171 Å². The van der Waals surface area contributed by atoms with Crippen LogP contribution in [0, 0.1) is 0 Å².